The first-order valence-electron chi connectivity index (χ1n) is 4.73. The van der Waals surface area contributed by atoms with Gasteiger partial charge >= 0.3 is 0 Å². The van der Waals surface area contributed by atoms with Crippen molar-refractivity contribution in [1.29, 1.82) is 0 Å². The topological polar surface area (TPSA) is 49.4 Å². The number of benzene rings is 1. The lowest BCUT2D eigenvalue weighted by Crippen LogP contribution is -2.38. The number of carbonyl (C=O) groups excluding carboxylic acids is 2. The third-order valence-electron chi connectivity index (χ3n) is 1.95. The van der Waals surface area contributed by atoms with Gasteiger partial charge in [-0.05, 0) is 19.2 Å². The van der Waals surface area contributed by atoms with Gasteiger partial charge < -0.3 is 15.0 Å². The fraction of sp³-hybridized carbons (Fsp3) is 0.273. The van der Waals surface area contributed by atoms with Gasteiger partial charge in [0.2, 0.25) is 5.91 Å². The van der Waals surface area contributed by atoms with Crippen LogP contribution in [-0.4, -0.2) is 32.3 Å². The Morgan fingerprint density at radius 3 is 2.60 bits per heavy atom. The molecule has 1 rings (SSSR count). The first-order chi connectivity index (χ1) is 7.29. The maximum atomic E-state index is 11.6. The summed E-state index contributed by atoms with van der Waals surface area (Å²) >= 11 is 0. The summed E-state index contributed by atoms with van der Waals surface area (Å²) in [6.07, 6.45) is 0.723. The highest BCUT2D eigenvalue weighted by Gasteiger charge is 2.13. The maximum Gasteiger partial charge on any atom is 0.241 e. The minimum atomic E-state index is -0.115. The van der Waals surface area contributed by atoms with Gasteiger partial charge in [0.15, 0.2) is 0 Å². The van der Waals surface area contributed by atoms with Crippen molar-refractivity contribution in [3.63, 3.8) is 0 Å². The van der Waals surface area contributed by atoms with E-state index >= 15 is 0 Å². The van der Waals surface area contributed by atoms with Crippen molar-refractivity contribution in [3.8, 4) is 0 Å². The van der Waals surface area contributed by atoms with Crippen LogP contribution in [0.3, 0.4) is 0 Å². The Hall–Kier alpha value is -1.68. The largest absolute Gasteiger partial charge is 0.311 e. The van der Waals surface area contributed by atoms with E-state index in [1.807, 2.05) is 18.2 Å². The van der Waals surface area contributed by atoms with Crippen LogP contribution in [0.15, 0.2) is 30.3 Å². The Bertz CT molecular complexity index is 325. The summed E-state index contributed by atoms with van der Waals surface area (Å²) in [5, 5.41) is 2.77. The number of hydrogen-bond acceptors (Lipinski definition) is 3. The SMILES string of the molecule is CNCC(=O)N(CC=O)c1ccccc1. The van der Waals surface area contributed by atoms with Crippen LogP contribution in [0.25, 0.3) is 0 Å². The molecule has 0 aliphatic heterocycles. The number of nitrogens with one attached hydrogen (secondary N) is 1. The number of nitrogens with zero attached hydrogens (tertiary/aromatic N) is 1. The van der Waals surface area contributed by atoms with E-state index in [-0.39, 0.29) is 19.0 Å². The highest BCUT2D eigenvalue weighted by atomic mass is 16.2. The number of hydrogen-bond donors (Lipinski definition) is 1. The minimum Gasteiger partial charge on any atom is -0.311 e. The Labute approximate surface area is 88.9 Å². The van der Waals surface area contributed by atoms with Gasteiger partial charge in [-0.1, -0.05) is 18.2 Å². The molecule has 0 radical (unpaired) electrons. The molecule has 0 bridgehead atoms. The molecule has 0 aliphatic rings. The van der Waals surface area contributed by atoms with Crippen molar-refractivity contribution in [2.75, 3.05) is 25.0 Å². The van der Waals surface area contributed by atoms with Crippen LogP contribution in [0.5, 0.6) is 0 Å². The van der Waals surface area contributed by atoms with Gasteiger partial charge in [0.1, 0.15) is 6.29 Å². The van der Waals surface area contributed by atoms with Crippen LogP contribution in [0, 0.1) is 0 Å². The van der Waals surface area contributed by atoms with Crippen molar-refractivity contribution in [1.82, 2.24) is 5.32 Å². The zero-order valence-corrected chi connectivity index (χ0v) is 8.64. The van der Waals surface area contributed by atoms with Crippen LogP contribution >= 0.6 is 0 Å². The molecule has 0 fully saturated rings. The number of anilines is 1. The molecule has 15 heavy (non-hydrogen) atoms. The van der Waals surface area contributed by atoms with E-state index in [1.54, 1.807) is 19.2 Å². The summed E-state index contributed by atoms with van der Waals surface area (Å²) in [6, 6.07) is 9.14. The Balaban J connectivity index is 2.82. The zero-order valence-electron chi connectivity index (χ0n) is 8.64. The fourth-order valence-electron chi connectivity index (χ4n) is 1.28. The molecule has 0 heterocycles. The van der Waals surface area contributed by atoms with E-state index in [1.165, 1.54) is 4.90 Å². The molecular formula is C11H14N2O2. The lowest BCUT2D eigenvalue weighted by atomic mass is 10.3. The fourth-order valence-corrected chi connectivity index (χ4v) is 1.28. The predicted octanol–water partition coefficient (Wildman–Crippen LogP) is 0.438. The second-order valence-corrected chi connectivity index (χ2v) is 3.04. The van der Waals surface area contributed by atoms with Gasteiger partial charge in [-0.3, -0.25) is 4.79 Å². The predicted molar refractivity (Wildman–Crippen MR) is 58.8 cm³/mol. The number of likely N-dealkylation sites (N-methyl/N-ethyl adjacent to an activating group) is 1. The van der Waals surface area contributed by atoms with E-state index in [2.05, 4.69) is 5.32 Å². The first kappa shape index (κ1) is 11.4. The van der Waals surface area contributed by atoms with E-state index in [0.29, 0.717) is 0 Å². The molecule has 80 valence electrons. The van der Waals surface area contributed by atoms with Crippen molar-refractivity contribution in [3.05, 3.63) is 30.3 Å². The van der Waals surface area contributed by atoms with E-state index in [0.717, 1.165) is 12.0 Å². The van der Waals surface area contributed by atoms with Crippen molar-refractivity contribution < 1.29 is 9.59 Å². The summed E-state index contributed by atoms with van der Waals surface area (Å²) < 4.78 is 0. The first-order valence-corrected chi connectivity index (χ1v) is 4.73. The molecule has 0 atom stereocenters. The molecule has 0 spiro atoms. The quantitative estimate of drug-likeness (QED) is 0.711. The maximum absolute atomic E-state index is 11.6. The molecule has 1 aromatic rings. The Morgan fingerprint density at radius 1 is 1.40 bits per heavy atom. The van der Waals surface area contributed by atoms with Crippen molar-refractivity contribution >= 4 is 17.9 Å². The molecule has 4 nitrogen and oxygen atoms in total. The van der Waals surface area contributed by atoms with Gasteiger partial charge in [0.25, 0.3) is 0 Å². The van der Waals surface area contributed by atoms with Crippen LogP contribution in [0.4, 0.5) is 5.69 Å². The third-order valence-corrected chi connectivity index (χ3v) is 1.95. The van der Waals surface area contributed by atoms with Gasteiger partial charge in [0, 0.05) is 5.69 Å². The molecule has 0 saturated heterocycles. The third kappa shape index (κ3) is 3.18. The highest BCUT2D eigenvalue weighted by Crippen LogP contribution is 2.12. The lowest BCUT2D eigenvalue weighted by molar-refractivity contribution is -0.119. The minimum absolute atomic E-state index is 0.0878. The summed E-state index contributed by atoms with van der Waals surface area (Å²) in [5.41, 5.74) is 0.741. The molecule has 0 aliphatic carbocycles. The highest BCUT2D eigenvalue weighted by molar-refractivity contribution is 5.97. The lowest BCUT2D eigenvalue weighted by Gasteiger charge is -2.19. The summed E-state index contributed by atoms with van der Waals surface area (Å²) in [6.45, 7) is 0.313. The molecule has 4 heteroatoms. The summed E-state index contributed by atoms with van der Waals surface area (Å²) in [7, 11) is 1.70. The molecule has 1 N–H and O–H groups in total. The zero-order chi connectivity index (χ0) is 11.1. The van der Waals surface area contributed by atoms with Crippen LogP contribution < -0.4 is 10.2 Å². The number of amides is 1. The number of carbonyl (C=O) groups is 2. The van der Waals surface area contributed by atoms with Gasteiger partial charge in [-0.2, -0.15) is 0 Å². The Morgan fingerprint density at radius 2 is 2.07 bits per heavy atom. The average Bonchev–Trinajstić information content (AvgIpc) is 2.27. The summed E-state index contributed by atoms with van der Waals surface area (Å²) in [5.74, 6) is -0.115. The van der Waals surface area contributed by atoms with Crippen molar-refractivity contribution in [2.45, 2.75) is 0 Å². The second-order valence-electron chi connectivity index (χ2n) is 3.04. The van der Waals surface area contributed by atoms with E-state index in [9.17, 15) is 9.59 Å². The van der Waals surface area contributed by atoms with Gasteiger partial charge in [-0.25, -0.2) is 0 Å². The molecular weight excluding hydrogens is 192 g/mol. The number of aldehydes is 1. The average molecular weight is 206 g/mol. The molecule has 0 aromatic heterocycles. The molecule has 1 aromatic carbocycles. The number of rotatable bonds is 5. The molecule has 0 saturated carbocycles. The summed E-state index contributed by atoms with van der Waals surface area (Å²) in [4.78, 5) is 23.6. The van der Waals surface area contributed by atoms with Gasteiger partial charge in [0.05, 0.1) is 13.1 Å². The standard InChI is InChI=1S/C11H14N2O2/c1-12-9-11(15)13(7-8-14)10-5-3-2-4-6-10/h2-6,8,12H,7,9H2,1H3. The Kier molecular flexibility index (Phi) is 4.50. The molecule has 1 amide bonds. The normalized spacial score (nSPS) is 9.67. The van der Waals surface area contributed by atoms with Crippen molar-refractivity contribution in [2.24, 2.45) is 0 Å². The van der Waals surface area contributed by atoms with Gasteiger partial charge in [-0.15, -0.1) is 0 Å². The molecule has 0 unspecified atom stereocenters. The van der Waals surface area contributed by atoms with E-state index < -0.39 is 0 Å². The smallest absolute Gasteiger partial charge is 0.241 e. The second kappa shape index (κ2) is 5.93. The van der Waals surface area contributed by atoms with Crippen LogP contribution in [-0.2, 0) is 9.59 Å². The van der Waals surface area contributed by atoms with E-state index in [4.69, 9.17) is 0 Å². The van der Waals surface area contributed by atoms with Crippen LogP contribution in [0.2, 0.25) is 0 Å². The number of para-hydroxylation sites is 1. The monoisotopic (exact) mass is 206 g/mol. The van der Waals surface area contributed by atoms with Crippen LogP contribution in [0.1, 0.15) is 0 Å².